The Bertz CT molecular complexity index is 3940. The third kappa shape index (κ3) is 9.22. The van der Waals surface area contributed by atoms with Gasteiger partial charge in [-0.15, -0.1) is 0 Å². The van der Waals surface area contributed by atoms with Crippen LogP contribution in [0.4, 0.5) is 34.1 Å². The highest BCUT2D eigenvalue weighted by Gasteiger charge is 2.53. The molecular weight excluding hydrogens is 1020 g/mol. The summed E-state index contributed by atoms with van der Waals surface area (Å²) in [6.45, 7) is 16.8. The van der Waals surface area contributed by atoms with Gasteiger partial charge in [-0.2, -0.15) is 0 Å². The molecule has 0 aliphatic carbocycles. The van der Waals surface area contributed by atoms with E-state index in [1.54, 1.807) is 0 Å². The fourth-order valence-electron chi connectivity index (χ4n) is 12.1. The maximum absolute atomic E-state index is 6.67. The molecule has 0 unspecified atom stereocenters. The van der Waals surface area contributed by atoms with Gasteiger partial charge in [0.1, 0.15) is 11.5 Å². The van der Waals surface area contributed by atoms with Crippen molar-refractivity contribution in [3.05, 3.63) is 254 Å². The molecule has 4 heterocycles. The monoisotopic (exact) mass is 1090 g/mol. The Balaban J connectivity index is 0.979. The Labute approximate surface area is 487 Å². The van der Waals surface area contributed by atoms with Crippen LogP contribution in [0.1, 0.15) is 72.6 Å². The van der Waals surface area contributed by atoms with Crippen molar-refractivity contribution in [2.45, 2.75) is 83.8 Å². The third-order valence-electron chi connectivity index (χ3n) is 18.0. The van der Waals surface area contributed by atoms with Gasteiger partial charge in [-0.25, -0.2) is 0 Å². The van der Waals surface area contributed by atoms with Crippen LogP contribution in [0.5, 0.6) is 11.5 Å². The summed E-state index contributed by atoms with van der Waals surface area (Å²) in [5.74, 6) is 1.70. The molecule has 0 radical (unpaired) electrons. The van der Waals surface area contributed by atoms with Crippen molar-refractivity contribution >= 4 is 81.1 Å². The van der Waals surface area contributed by atoms with Gasteiger partial charge in [-0.05, 0) is 186 Å². The summed E-state index contributed by atoms with van der Waals surface area (Å²) in [6.07, 6.45) is 0. The second-order valence-corrected chi connectivity index (χ2v) is 24.2. The van der Waals surface area contributed by atoms with E-state index in [2.05, 4.69) is 312 Å². The minimum absolute atomic E-state index is 0.199. The number of hydrogen-bond donors (Lipinski definition) is 0. The number of para-hydroxylation sites is 2. The molecule has 1 aromatic heterocycles. The van der Waals surface area contributed by atoms with E-state index in [0.717, 1.165) is 112 Å². The Morgan fingerprint density at radius 2 is 0.663 bits per heavy atom. The van der Waals surface area contributed by atoms with Crippen molar-refractivity contribution in [3.8, 4) is 33.8 Å². The number of ether oxygens (including phenoxy) is 1. The van der Waals surface area contributed by atoms with Crippen molar-refractivity contribution < 1.29 is 23.4 Å². The zero-order valence-electron chi connectivity index (χ0n) is 48.2. The lowest BCUT2D eigenvalue weighted by Crippen LogP contribution is -2.41. The summed E-state index contributed by atoms with van der Waals surface area (Å²) in [5, 5.41) is 2.21. The smallest absolute Gasteiger partial charge is 0.457 e. The third-order valence-corrected chi connectivity index (χ3v) is 18.0. The molecule has 0 bridgehead atoms. The van der Waals surface area contributed by atoms with Crippen LogP contribution in [-0.4, -0.2) is 41.2 Å². The van der Waals surface area contributed by atoms with E-state index < -0.39 is 36.6 Å². The van der Waals surface area contributed by atoms with Gasteiger partial charge in [0.15, 0.2) is 0 Å². The zero-order valence-corrected chi connectivity index (χ0v) is 48.2. The molecule has 408 valence electrons. The van der Waals surface area contributed by atoms with E-state index in [4.69, 9.17) is 23.4 Å². The molecule has 8 nitrogen and oxygen atoms in total. The lowest BCUT2D eigenvalue weighted by molar-refractivity contribution is 0.00578. The SMILES string of the molecule is CC1(C)OB(c2ccc(N(c3cccc(-c4ccccc4)c3)c3ccc4c(c3)c3cc(N(c5ccc(B6OC(C)(C)C(C)(C)O6)cc5)c5cccc(-c6ccccc6)c5)ccc3n4C3c4ccccc4Oc4ccccc43)cc2)OC1(C)C. The first-order valence-electron chi connectivity index (χ1n) is 28.9. The van der Waals surface area contributed by atoms with Gasteiger partial charge in [-0.1, -0.05) is 146 Å². The van der Waals surface area contributed by atoms with Crippen molar-refractivity contribution in [2.24, 2.45) is 0 Å². The molecule has 3 aliphatic heterocycles. The predicted octanol–water partition coefficient (Wildman–Crippen LogP) is 17.4. The van der Waals surface area contributed by atoms with Crippen LogP contribution in [0.3, 0.4) is 0 Å². The molecule has 14 rings (SSSR count). The second kappa shape index (κ2) is 20.1. The second-order valence-electron chi connectivity index (χ2n) is 24.2. The molecule has 2 saturated heterocycles. The summed E-state index contributed by atoms with van der Waals surface area (Å²) >= 11 is 0. The van der Waals surface area contributed by atoms with Crippen molar-refractivity contribution in [1.29, 1.82) is 0 Å². The van der Waals surface area contributed by atoms with Crippen LogP contribution in [0.25, 0.3) is 44.1 Å². The average molecular weight is 1090 g/mol. The van der Waals surface area contributed by atoms with Gasteiger partial charge in [0.25, 0.3) is 0 Å². The highest BCUT2D eigenvalue weighted by atomic mass is 16.7. The van der Waals surface area contributed by atoms with Crippen LogP contribution in [0.2, 0.25) is 0 Å². The molecule has 2 fully saturated rings. The quantitative estimate of drug-likeness (QED) is 0.120. The van der Waals surface area contributed by atoms with Gasteiger partial charge in [0.05, 0.1) is 39.5 Å². The molecule has 0 N–H and O–H groups in total. The molecule has 3 aliphatic rings. The first-order chi connectivity index (χ1) is 40.1. The zero-order chi connectivity index (χ0) is 56.8. The number of hydrogen-bond acceptors (Lipinski definition) is 7. The fourth-order valence-corrected chi connectivity index (χ4v) is 12.1. The maximum Gasteiger partial charge on any atom is 0.494 e. The fraction of sp³-hybridized carbons (Fsp3) is 0.178. The number of rotatable bonds is 11. The molecule has 10 heteroatoms. The Hall–Kier alpha value is -8.63. The van der Waals surface area contributed by atoms with Gasteiger partial charge in [0.2, 0.25) is 0 Å². The van der Waals surface area contributed by atoms with E-state index in [0.29, 0.717) is 0 Å². The number of fused-ring (bicyclic) bond motifs is 5. The molecule has 0 atom stereocenters. The van der Waals surface area contributed by atoms with Gasteiger partial charge >= 0.3 is 14.2 Å². The molecular formula is C73H65B2N3O5. The molecule has 10 aromatic carbocycles. The van der Waals surface area contributed by atoms with Crippen LogP contribution < -0.4 is 25.5 Å². The molecule has 83 heavy (non-hydrogen) atoms. The minimum atomic E-state index is -0.491. The van der Waals surface area contributed by atoms with Crippen LogP contribution in [0, 0.1) is 0 Å². The van der Waals surface area contributed by atoms with E-state index >= 15 is 0 Å². The van der Waals surface area contributed by atoms with E-state index in [1.807, 2.05) is 0 Å². The number of aromatic nitrogens is 1. The standard InChI is InChI=1S/C73H65B2N3O5/c1-70(2)71(3,4)81-74(80-70)53-33-37-55(38-34-53)76(57-27-19-25-51(45-57)49-21-11-9-12-22-49)59-41-43-65-63(47-59)64-48-60(42-44-66(64)78(65)69-61-29-15-17-31-67(61)79-68-32-18-16-30-62(68)69)77(58-28-20-26-52(46-58)50-23-13-10-14-24-50)56-39-35-54(36-40-56)75-82-72(5,6)73(7,8)83-75/h9-48,69H,1-8H3. The summed E-state index contributed by atoms with van der Waals surface area (Å²) in [5.41, 5.74) is 15.1. The number of nitrogens with zero attached hydrogens (tertiary/aromatic N) is 3. The molecule has 0 saturated carbocycles. The van der Waals surface area contributed by atoms with Crippen molar-refractivity contribution in [1.82, 2.24) is 4.57 Å². The lowest BCUT2D eigenvalue weighted by atomic mass is 9.79. The van der Waals surface area contributed by atoms with Crippen LogP contribution >= 0.6 is 0 Å². The van der Waals surface area contributed by atoms with Crippen molar-refractivity contribution in [2.75, 3.05) is 9.80 Å². The topological polar surface area (TPSA) is 57.6 Å². The Morgan fingerprint density at radius 1 is 0.325 bits per heavy atom. The van der Waals surface area contributed by atoms with E-state index in [9.17, 15) is 0 Å². The van der Waals surface area contributed by atoms with E-state index in [1.165, 1.54) is 0 Å². The highest BCUT2D eigenvalue weighted by molar-refractivity contribution is 6.62. The number of anilines is 6. The normalized spacial score (nSPS) is 16.6. The van der Waals surface area contributed by atoms with Gasteiger partial charge in [-0.3, -0.25) is 0 Å². The van der Waals surface area contributed by atoms with Crippen LogP contribution in [-0.2, 0) is 18.6 Å². The van der Waals surface area contributed by atoms with Gasteiger partial charge in [0, 0.05) is 56.0 Å². The highest BCUT2D eigenvalue weighted by Crippen LogP contribution is 2.50. The first-order valence-corrected chi connectivity index (χ1v) is 28.9. The minimum Gasteiger partial charge on any atom is -0.457 e. The molecule has 0 amide bonds. The van der Waals surface area contributed by atoms with Crippen molar-refractivity contribution in [3.63, 3.8) is 0 Å². The lowest BCUT2D eigenvalue weighted by Gasteiger charge is -2.32. The Kier molecular flexibility index (Phi) is 12.7. The number of benzene rings is 10. The van der Waals surface area contributed by atoms with Gasteiger partial charge < -0.3 is 37.7 Å². The maximum atomic E-state index is 6.67. The summed E-state index contributed by atoms with van der Waals surface area (Å²) in [4.78, 5) is 4.74. The average Bonchev–Trinajstić information content (AvgIpc) is 3.52. The van der Waals surface area contributed by atoms with Crippen LogP contribution in [0.15, 0.2) is 243 Å². The summed E-state index contributed by atoms with van der Waals surface area (Å²) in [7, 11) is -0.982. The first kappa shape index (κ1) is 52.4. The molecule has 0 spiro atoms. The molecule has 11 aromatic rings. The van der Waals surface area contributed by atoms with E-state index in [-0.39, 0.29) is 6.04 Å². The summed E-state index contributed by atoms with van der Waals surface area (Å²) in [6, 6.07) is 86.9. The predicted molar refractivity (Wildman–Crippen MR) is 341 cm³/mol. The largest absolute Gasteiger partial charge is 0.494 e. The summed E-state index contributed by atoms with van der Waals surface area (Å²) < 4.78 is 35.4. The Morgan fingerprint density at radius 3 is 1.06 bits per heavy atom.